The molecule has 2 amide bonds. The molecule has 2 atom stereocenters. The topological polar surface area (TPSA) is 90.7 Å². The van der Waals surface area contributed by atoms with Crippen molar-refractivity contribution in [3.63, 3.8) is 0 Å². The van der Waals surface area contributed by atoms with E-state index in [1.165, 1.54) is 0 Å². The van der Waals surface area contributed by atoms with Crippen LogP contribution in [0.3, 0.4) is 0 Å². The van der Waals surface area contributed by atoms with Crippen LogP contribution in [-0.4, -0.2) is 18.1 Å². The third-order valence-corrected chi connectivity index (χ3v) is 5.47. The third kappa shape index (κ3) is 2.65. The average molecular weight is 374 g/mol. The fourth-order valence-corrected chi connectivity index (χ4v) is 4.15. The molecule has 140 valence electrons. The number of imide groups is 1. The van der Waals surface area contributed by atoms with Gasteiger partial charge in [-0.15, -0.1) is 0 Å². The summed E-state index contributed by atoms with van der Waals surface area (Å²) in [6, 6.07) is 17.4. The van der Waals surface area contributed by atoms with Crippen LogP contribution in [0, 0.1) is 0 Å². The lowest BCUT2D eigenvalue weighted by molar-refractivity contribution is -0.124. The first-order valence-corrected chi connectivity index (χ1v) is 9.19. The van der Waals surface area contributed by atoms with Gasteiger partial charge in [-0.05, 0) is 48.2 Å². The summed E-state index contributed by atoms with van der Waals surface area (Å²) in [5, 5.41) is 4.11. The van der Waals surface area contributed by atoms with E-state index in [1.807, 2.05) is 54.6 Å². The lowest BCUT2D eigenvalue weighted by Gasteiger charge is -2.16. The van der Waals surface area contributed by atoms with E-state index in [0.717, 1.165) is 46.2 Å². The van der Waals surface area contributed by atoms with Crippen molar-refractivity contribution in [1.29, 1.82) is 0 Å². The number of benzene rings is 3. The lowest BCUT2D eigenvalue weighted by atomic mass is 9.95. The molecule has 0 spiro atoms. The number of nitrogens with two attached hydrogens (primary N) is 1. The fourth-order valence-electron chi connectivity index (χ4n) is 4.15. The van der Waals surface area contributed by atoms with Gasteiger partial charge in [0.15, 0.2) is 6.10 Å². The first-order valence-electron chi connectivity index (χ1n) is 9.19. The molecule has 1 aliphatic carbocycles. The monoisotopic (exact) mass is 374 g/mol. The largest absolute Gasteiger partial charge is 0.457 e. The number of hydrogen-bond donors (Lipinski definition) is 2. The van der Waals surface area contributed by atoms with Crippen molar-refractivity contribution in [2.75, 3.05) is 5.73 Å². The number of anilines is 1. The first kappa shape index (κ1) is 16.6. The second kappa shape index (κ2) is 6.27. The highest BCUT2D eigenvalue weighted by atomic mass is 16.6. The number of rotatable bonds is 3. The van der Waals surface area contributed by atoms with E-state index in [4.69, 9.17) is 15.2 Å². The van der Waals surface area contributed by atoms with Gasteiger partial charge in [0, 0.05) is 22.4 Å². The van der Waals surface area contributed by atoms with Crippen molar-refractivity contribution in [2.24, 2.45) is 0 Å². The van der Waals surface area contributed by atoms with Crippen molar-refractivity contribution in [3.8, 4) is 11.5 Å². The summed E-state index contributed by atoms with van der Waals surface area (Å²) < 4.78 is 11.3. The molecule has 1 unspecified atom stereocenters. The van der Waals surface area contributed by atoms with Crippen LogP contribution in [-0.2, 0) is 16.0 Å². The second-order valence-electron chi connectivity index (χ2n) is 7.12. The maximum Gasteiger partial charge on any atom is 0.414 e. The molecular formula is C22H18N2O4. The van der Waals surface area contributed by atoms with E-state index in [0.29, 0.717) is 5.69 Å². The first-order chi connectivity index (χ1) is 13.6. The standard InChI is InChI=1S/C22H18N2O4/c23-18-9-10-19(16-4-2-1-3-15(16)18)27-13-6-8-14-12(11-13)5-7-17(14)20-21(25)24-22(26)28-20/h1-4,6,8-11,17,20H,5,7,23H2,(H,24,25,26)/t17-,20?/m1/s1. The molecule has 6 heteroatoms. The smallest absolute Gasteiger partial charge is 0.414 e. The van der Waals surface area contributed by atoms with Crippen LogP contribution in [0.2, 0.25) is 0 Å². The van der Waals surface area contributed by atoms with Crippen molar-refractivity contribution in [1.82, 2.24) is 5.32 Å². The summed E-state index contributed by atoms with van der Waals surface area (Å²) in [6.45, 7) is 0. The van der Waals surface area contributed by atoms with Crippen LogP contribution in [0.25, 0.3) is 10.8 Å². The number of cyclic esters (lactones) is 1. The van der Waals surface area contributed by atoms with E-state index in [-0.39, 0.29) is 11.8 Å². The van der Waals surface area contributed by atoms with Gasteiger partial charge in [0.1, 0.15) is 11.5 Å². The van der Waals surface area contributed by atoms with Gasteiger partial charge in [-0.1, -0.05) is 30.3 Å². The number of amides is 2. The molecule has 0 bridgehead atoms. The second-order valence-corrected chi connectivity index (χ2v) is 7.12. The Morgan fingerprint density at radius 1 is 1.04 bits per heavy atom. The van der Waals surface area contributed by atoms with E-state index in [1.54, 1.807) is 0 Å². The number of carbonyl (C=O) groups is 2. The zero-order valence-corrected chi connectivity index (χ0v) is 15.0. The zero-order chi connectivity index (χ0) is 19.3. The number of nitrogens with one attached hydrogen (secondary N) is 1. The number of alkyl carbamates (subject to hydrolysis) is 1. The van der Waals surface area contributed by atoms with Gasteiger partial charge < -0.3 is 15.2 Å². The van der Waals surface area contributed by atoms with Gasteiger partial charge >= 0.3 is 6.09 Å². The number of hydrogen-bond acceptors (Lipinski definition) is 5. The highest BCUT2D eigenvalue weighted by Gasteiger charge is 2.42. The van der Waals surface area contributed by atoms with Crippen molar-refractivity contribution >= 4 is 28.5 Å². The number of carbonyl (C=O) groups excluding carboxylic acids is 2. The van der Waals surface area contributed by atoms with E-state index >= 15 is 0 Å². The molecular weight excluding hydrogens is 356 g/mol. The summed E-state index contributed by atoms with van der Waals surface area (Å²) >= 11 is 0. The molecule has 6 nitrogen and oxygen atoms in total. The summed E-state index contributed by atoms with van der Waals surface area (Å²) in [5.41, 5.74) is 8.92. The average Bonchev–Trinajstić information content (AvgIpc) is 3.26. The lowest BCUT2D eigenvalue weighted by Crippen LogP contribution is -2.28. The Bertz CT molecular complexity index is 1120. The van der Waals surface area contributed by atoms with E-state index < -0.39 is 12.2 Å². The van der Waals surface area contributed by atoms with Gasteiger partial charge in [-0.25, -0.2) is 4.79 Å². The Morgan fingerprint density at radius 2 is 1.86 bits per heavy atom. The van der Waals surface area contributed by atoms with Crippen LogP contribution in [0.4, 0.5) is 10.5 Å². The SMILES string of the molecule is Nc1ccc(Oc2ccc3c(c2)CC[C@H]3C2OC(=O)NC2=O)c2ccccc12. The number of aryl methyl sites for hydroxylation is 1. The quantitative estimate of drug-likeness (QED) is 0.679. The molecule has 0 radical (unpaired) electrons. The molecule has 1 heterocycles. The predicted molar refractivity (Wildman–Crippen MR) is 104 cm³/mol. The highest BCUT2D eigenvalue weighted by molar-refractivity contribution is 6.00. The minimum absolute atomic E-state index is 0.118. The van der Waals surface area contributed by atoms with Crippen LogP contribution in [0.15, 0.2) is 54.6 Å². The number of nitrogen functional groups attached to an aromatic ring is 1. The molecule has 1 aliphatic heterocycles. The normalized spacial score (nSPS) is 20.7. The molecule has 1 saturated heterocycles. The van der Waals surface area contributed by atoms with Gasteiger partial charge in [-0.2, -0.15) is 0 Å². The predicted octanol–water partition coefficient (Wildman–Crippen LogP) is 3.88. The molecule has 2 aliphatic rings. The van der Waals surface area contributed by atoms with Gasteiger partial charge in [0.05, 0.1) is 0 Å². The molecule has 3 aromatic carbocycles. The van der Waals surface area contributed by atoms with Crippen LogP contribution in [0.5, 0.6) is 11.5 Å². The molecule has 0 saturated carbocycles. The number of fused-ring (bicyclic) bond motifs is 2. The Labute approximate surface area is 161 Å². The van der Waals surface area contributed by atoms with Crippen LogP contribution < -0.4 is 15.8 Å². The highest BCUT2D eigenvalue weighted by Crippen LogP contribution is 2.41. The van der Waals surface area contributed by atoms with Crippen molar-refractivity contribution < 1.29 is 19.1 Å². The molecule has 0 aromatic heterocycles. The molecule has 28 heavy (non-hydrogen) atoms. The maximum atomic E-state index is 11.9. The summed E-state index contributed by atoms with van der Waals surface area (Å²) in [5.74, 6) is 0.981. The Hall–Kier alpha value is -3.54. The van der Waals surface area contributed by atoms with Crippen LogP contribution >= 0.6 is 0 Å². The van der Waals surface area contributed by atoms with Gasteiger partial charge in [0.25, 0.3) is 5.91 Å². The third-order valence-electron chi connectivity index (χ3n) is 5.47. The number of ether oxygens (including phenoxy) is 2. The molecule has 3 N–H and O–H groups in total. The van der Waals surface area contributed by atoms with E-state index in [9.17, 15) is 9.59 Å². The van der Waals surface area contributed by atoms with Crippen molar-refractivity contribution in [3.05, 3.63) is 65.7 Å². The summed E-state index contributed by atoms with van der Waals surface area (Å²) in [6.07, 6.45) is 0.149. The zero-order valence-electron chi connectivity index (χ0n) is 15.0. The molecule has 5 rings (SSSR count). The Kier molecular flexibility index (Phi) is 3.72. The Morgan fingerprint density at radius 3 is 2.64 bits per heavy atom. The van der Waals surface area contributed by atoms with Gasteiger partial charge in [-0.3, -0.25) is 10.1 Å². The minimum Gasteiger partial charge on any atom is -0.457 e. The van der Waals surface area contributed by atoms with Gasteiger partial charge in [0.2, 0.25) is 0 Å². The maximum absolute atomic E-state index is 11.9. The Balaban J connectivity index is 1.45. The summed E-state index contributed by atoms with van der Waals surface area (Å²) in [7, 11) is 0. The van der Waals surface area contributed by atoms with Crippen molar-refractivity contribution in [2.45, 2.75) is 24.9 Å². The van der Waals surface area contributed by atoms with Crippen LogP contribution in [0.1, 0.15) is 23.5 Å². The fraction of sp³-hybridized carbons (Fsp3) is 0.182. The molecule has 1 fully saturated rings. The molecule has 3 aromatic rings. The minimum atomic E-state index is -0.749. The van der Waals surface area contributed by atoms with E-state index in [2.05, 4.69) is 5.32 Å². The summed E-state index contributed by atoms with van der Waals surface area (Å²) in [4.78, 5) is 23.3.